The van der Waals surface area contributed by atoms with Gasteiger partial charge in [-0.15, -0.1) is 0 Å². The van der Waals surface area contributed by atoms with Crippen LogP contribution in [0, 0.1) is 0 Å². The number of thioether (sulfide) groups is 1. The Bertz CT molecular complexity index is 395. The Morgan fingerprint density at radius 1 is 1.42 bits per heavy atom. The number of rotatable bonds is 9. The summed E-state index contributed by atoms with van der Waals surface area (Å²) in [6.45, 7) is 2.77. The number of carboxylic acid groups (broad SMARTS) is 1. The van der Waals surface area contributed by atoms with Crippen LogP contribution in [0.5, 0.6) is 0 Å². The van der Waals surface area contributed by atoms with Gasteiger partial charge in [-0.25, -0.2) is 0 Å². The maximum absolute atomic E-state index is 11.1. The van der Waals surface area contributed by atoms with Crippen LogP contribution < -0.4 is 5.32 Å². The fourth-order valence-corrected chi connectivity index (χ4v) is 2.44. The Hall–Kier alpha value is -1.00. The maximum Gasteiger partial charge on any atom is 0.320 e. The highest BCUT2D eigenvalue weighted by Crippen LogP contribution is 2.08. The number of hydrogen-bond donors (Lipinski definition) is 2. The molecule has 0 amide bonds. The van der Waals surface area contributed by atoms with E-state index in [9.17, 15) is 4.79 Å². The van der Waals surface area contributed by atoms with E-state index in [4.69, 9.17) is 5.11 Å². The number of carboxylic acids is 1. The summed E-state index contributed by atoms with van der Waals surface area (Å²) in [5, 5.41) is 12.3. The third kappa shape index (κ3) is 6.12. The number of aryl methyl sites for hydroxylation is 1. The van der Waals surface area contributed by atoms with E-state index >= 15 is 0 Å². The average Bonchev–Trinajstić information content (AvgIpc) is 2.39. The van der Waals surface area contributed by atoms with Gasteiger partial charge in [0.2, 0.25) is 0 Å². The van der Waals surface area contributed by atoms with E-state index in [1.165, 1.54) is 5.56 Å². The van der Waals surface area contributed by atoms with E-state index in [1.807, 2.05) is 18.4 Å². The van der Waals surface area contributed by atoms with Crippen LogP contribution in [0.3, 0.4) is 0 Å². The van der Waals surface area contributed by atoms with Crippen LogP contribution in [-0.2, 0) is 17.8 Å². The molecular weight excluding hydrogens is 258 g/mol. The number of carbonyl (C=O) groups is 1. The van der Waals surface area contributed by atoms with Crippen molar-refractivity contribution in [2.24, 2.45) is 0 Å². The highest BCUT2D eigenvalue weighted by molar-refractivity contribution is 7.98. The molecule has 0 aliphatic carbocycles. The zero-order chi connectivity index (χ0) is 14.1. The van der Waals surface area contributed by atoms with Gasteiger partial charge in [0.1, 0.15) is 6.04 Å². The molecule has 4 heteroatoms. The van der Waals surface area contributed by atoms with Crippen molar-refractivity contribution in [3.05, 3.63) is 35.4 Å². The Labute approximate surface area is 119 Å². The van der Waals surface area contributed by atoms with Gasteiger partial charge in [0, 0.05) is 6.54 Å². The van der Waals surface area contributed by atoms with Crippen LogP contribution in [0.15, 0.2) is 24.3 Å². The van der Waals surface area contributed by atoms with Crippen LogP contribution in [0.25, 0.3) is 0 Å². The molecule has 19 heavy (non-hydrogen) atoms. The molecule has 0 unspecified atom stereocenters. The predicted octanol–water partition coefficient (Wildman–Crippen LogP) is 2.94. The lowest BCUT2D eigenvalue weighted by Crippen LogP contribution is -2.36. The van der Waals surface area contributed by atoms with Gasteiger partial charge >= 0.3 is 5.97 Å². The molecule has 0 heterocycles. The molecule has 2 N–H and O–H groups in total. The molecule has 106 valence electrons. The van der Waals surface area contributed by atoms with E-state index in [2.05, 4.69) is 24.4 Å². The molecule has 3 nitrogen and oxygen atoms in total. The standard InChI is InChI=1S/C15H23NO2S/c1-3-5-12-6-4-7-13(10-12)11-16-14(15(17)18)8-9-19-2/h4,6-7,10,14,16H,3,5,8-9,11H2,1-2H3,(H,17,18)/t14-/m0/s1. The fraction of sp³-hybridized carbons (Fsp3) is 0.533. The molecule has 0 aromatic heterocycles. The van der Waals surface area contributed by atoms with E-state index in [-0.39, 0.29) is 0 Å². The van der Waals surface area contributed by atoms with Crippen molar-refractivity contribution in [2.75, 3.05) is 12.0 Å². The normalized spacial score (nSPS) is 12.3. The Kier molecular flexibility index (Phi) is 7.60. The Morgan fingerprint density at radius 2 is 2.16 bits per heavy atom. The first kappa shape index (κ1) is 16.1. The van der Waals surface area contributed by atoms with Gasteiger partial charge in [-0.3, -0.25) is 4.79 Å². The summed E-state index contributed by atoms with van der Waals surface area (Å²) < 4.78 is 0. The quantitative estimate of drug-likeness (QED) is 0.730. The number of aliphatic carboxylic acids is 1. The summed E-state index contributed by atoms with van der Waals surface area (Å²) in [5.74, 6) is 0.0959. The highest BCUT2D eigenvalue weighted by Gasteiger charge is 2.15. The van der Waals surface area contributed by atoms with Gasteiger partial charge in [-0.2, -0.15) is 11.8 Å². The third-order valence-corrected chi connectivity index (χ3v) is 3.64. The van der Waals surface area contributed by atoms with Crippen molar-refractivity contribution in [2.45, 2.75) is 38.8 Å². The summed E-state index contributed by atoms with van der Waals surface area (Å²) in [6.07, 6.45) is 4.85. The SMILES string of the molecule is CCCc1cccc(CN[C@@H](CCSC)C(=O)O)c1. The molecular formula is C15H23NO2S. The molecule has 0 saturated carbocycles. The van der Waals surface area contributed by atoms with Gasteiger partial charge < -0.3 is 10.4 Å². The van der Waals surface area contributed by atoms with Crippen molar-refractivity contribution in [1.29, 1.82) is 0 Å². The maximum atomic E-state index is 11.1. The zero-order valence-corrected chi connectivity index (χ0v) is 12.5. The second-order valence-corrected chi connectivity index (χ2v) is 5.61. The highest BCUT2D eigenvalue weighted by atomic mass is 32.2. The first-order chi connectivity index (χ1) is 9.17. The molecule has 0 aliphatic rings. The first-order valence-corrected chi connectivity index (χ1v) is 8.09. The lowest BCUT2D eigenvalue weighted by atomic mass is 10.1. The monoisotopic (exact) mass is 281 g/mol. The second kappa shape index (κ2) is 8.99. The van der Waals surface area contributed by atoms with Crippen LogP contribution in [0.4, 0.5) is 0 Å². The van der Waals surface area contributed by atoms with Crippen LogP contribution in [0.2, 0.25) is 0 Å². The molecule has 1 atom stereocenters. The van der Waals surface area contributed by atoms with Gasteiger partial charge in [0.15, 0.2) is 0 Å². The molecule has 1 aromatic carbocycles. The Morgan fingerprint density at radius 3 is 2.79 bits per heavy atom. The minimum atomic E-state index is -0.765. The topological polar surface area (TPSA) is 49.3 Å². The predicted molar refractivity (Wildman–Crippen MR) is 81.7 cm³/mol. The molecule has 0 aliphatic heterocycles. The minimum absolute atomic E-state index is 0.456. The van der Waals surface area contributed by atoms with Crippen molar-refractivity contribution < 1.29 is 9.90 Å². The van der Waals surface area contributed by atoms with Gasteiger partial charge in [-0.05, 0) is 36.0 Å². The van der Waals surface area contributed by atoms with Crippen molar-refractivity contribution >= 4 is 17.7 Å². The fourth-order valence-electron chi connectivity index (χ4n) is 1.97. The van der Waals surface area contributed by atoms with Crippen LogP contribution in [0.1, 0.15) is 30.9 Å². The molecule has 1 aromatic rings. The first-order valence-electron chi connectivity index (χ1n) is 6.70. The van der Waals surface area contributed by atoms with E-state index < -0.39 is 12.0 Å². The zero-order valence-electron chi connectivity index (χ0n) is 11.7. The molecule has 0 bridgehead atoms. The molecule has 0 spiro atoms. The summed E-state index contributed by atoms with van der Waals surface area (Å²) in [7, 11) is 0. The lowest BCUT2D eigenvalue weighted by molar-refractivity contribution is -0.139. The second-order valence-electron chi connectivity index (χ2n) is 4.62. The van der Waals surface area contributed by atoms with E-state index in [1.54, 1.807) is 11.8 Å². The summed E-state index contributed by atoms with van der Waals surface area (Å²) >= 11 is 1.67. The third-order valence-electron chi connectivity index (χ3n) is 2.99. The Balaban J connectivity index is 2.53. The van der Waals surface area contributed by atoms with E-state index in [0.29, 0.717) is 13.0 Å². The van der Waals surface area contributed by atoms with E-state index in [0.717, 1.165) is 24.2 Å². The molecule has 0 fully saturated rings. The average molecular weight is 281 g/mol. The van der Waals surface area contributed by atoms with Gasteiger partial charge in [-0.1, -0.05) is 37.6 Å². The van der Waals surface area contributed by atoms with Crippen molar-refractivity contribution in [1.82, 2.24) is 5.32 Å². The molecule has 0 radical (unpaired) electrons. The largest absolute Gasteiger partial charge is 0.480 e. The smallest absolute Gasteiger partial charge is 0.320 e. The van der Waals surface area contributed by atoms with Crippen molar-refractivity contribution in [3.63, 3.8) is 0 Å². The summed E-state index contributed by atoms with van der Waals surface area (Å²) in [6, 6.07) is 7.90. The van der Waals surface area contributed by atoms with Crippen molar-refractivity contribution in [3.8, 4) is 0 Å². The van der Waals surface area contributed by atoms with Crippen LogP contribution in [-0.4, -0.2) is 29.1 Å². The number of nitrogens with one attached hydrogen (secondary N) is 1. The van der Waals surface area contributed by atoms with Crippen LogP contribution >= 0.6 is 11.8 Å². The molecule has 0 saturated heterocycles. The van der Waals surface area contributed by atoms with Gasteiger partial charge in [0.25, 0.3) is 0 Å². The molecule has 1 rings (SSSR count). The number of benzene rings is 1. The lowest BCUT2D eigenvalue weighted by Gasteiger charge is -2.14. The summed E-state index contributed by atoms with van der Waals surface area (Å²) in [5.41, 5.74) is 2.47. The number of hydrogen-bond acceptors (Lipinski definition) is 3. The van der Waals surface area contributed by atoms with Gasteiger partial charge in [0.05, 0.1) is 0 Å². The minimum Gasteiger partial charge on any atom is -0.480 e. The summed E-state index contributed by atoms with van der Waals surface area (Å²) in [4.78, 5) is 11.1.